The van der Waals surface area contributed by atoms with Crippen LogP contribution in [0, 0.1) is 0 Å². The average Bonchev–Trinajstić information content (AvgIpc) is 2.91. The summed E-state index contributed by atoms with van der Waals surface area (Å²) in [7, 11) is 4.24. The van der Waals surface area contributed by atoms with E-state index in [1.807, 2.05) is 0 Å². The number of benzene rings is 2. The molecule has 0 aliphatic carbocycles. The first kappa shape index (κ1) is 21.0. The number of rotatable bonds is 6. The van der Waals surface area contributed by atoms with E-state index in [-0.39, 0.29) is 11.3 Å². The summed E-state index contributed by atoms with van der Waals surface area (Å²) >= 11 is 0. The molecule has 2 aromatic rings. The Morgan fingerprint density at radius 2 is 1.53 bits per heavy atom. The normalized spacial score (nSPS) is 14.3. The van der Waals surface area contributed by atoms with Crippen LogP contribution in [0.1, 0.15) is 5.56 Å². The predicted molar refractivity (Wildman–Crippen MR) is 101 cm³/mol. The fourth-order valence-electron chi connectivity index (χ4n) is 2.90. The van der Waals surface area contributed by atoms with E-state index in [0.29, 0.717) is 22.7 Å². The third kappa shape index (κ3) is 4.17. The molecule has 0 fully saturated rings. The second kappa shape index (κ2) is 7.97. The zero-order valence-electron chi connectivity index (χ0n) is 16.2. The van der Waals surface area contributed by atoms with E-state index in [9.17, 15) is 22.8 Å². The van der Waals surface area contributed by atoms with Gasteiger partial charge in [-0.15, -0.1) is 13.2 Å². The van der Waals surface area contributed by atoms with Crippen molar-refractivity contribution in [3.05, 3.63) is 53.7 Å². The summed E-state index contributed by atoms with van der Waals surface area (Å²) in [6.45, 7) is 0. The Morgan fingerprint density at radius 3 is 2.10 bits per heavy atom. The van der Waals surface area contributed by atoms with Crippen LogP contribution in [0.5, 0.6) is 17.2 Å². The number of alkyl halides is 3. The van der Waals surface area contributed by atoms with Crippen molar-refractivity contribution < 1.29 is 37.0 Å². The maximum atomic E-state index is 12.7. The van der Waals surface area contributed by atoms with E-state index in [4.69, 9.17) is 9.47 Å². The van der Waals surface area contributed by atoms with Crippen LogP contribution in [0.2, 0.25) is 0 Å². The molecule has 1 aliphatic heterocycles. The van der Waals surface area contributed by atoms with Gasteiger partial charge < -0.3 is 19.5 Å². The summed E-state index contributed by atoms with van der Waals surface area (Å²) in [6.07, 6.45) is -4.81. The minimum atomic E-state index is -4.81. The molecule has 0 aromatic heterocycles. The zero-order chi connectivity index (χ0) is 22.1. The lowest BCUT2D eigenvalue weighted by atomic mass is 10.0. The number of methoxy groups -OCH3 is 2. The van der Waals surface area contributed by atoms with Gasteiger partial charge in [0.25, 0.3) is 11.8 Å². The second-order valence-electron chi connectivity index (χ2n) is 6.19. The molecule has 1 N–H and O–H groups in total. The summed E-state index contributed by atoms with van der Waals surface area (Å²) in [6, 6.07) is 9.54. The van der Waals surface area contributed by atoms with Crippen LogP contribution in [-0.4, -0.2) is 44.3 Å². The molecule has 10 heteroatoms. The standard InChI is InChI=1S/C20H17F3N2O5/c1-25-18(26)16(11-4-9-14(28-2)15(10-11)29-3)17(19(25)27)24-12-5-7-13(8-6-12)30-20(21,22)23/h4-10,24H,1-3H3. The molecule has 0 saturated carbocycles. The number of anilines is 1. The van der Waals surface area contributed by atoms with Crippen molar-refractivity contribution in [2.75, 3.05) is 26.6 Å². The largest absolute Gasteiger partial charge is 0.573 e. The fraction of sp³-hybridized carbons (Fsp3) is 0.200. The van der Waals surface area contributed by atoms with Gasteiger partial charge in [-0.05, 0) is 42.0 Å². The number of hydrogen-bond acceptors (Lipinski definition) is 6. The van der Waals surface area contributed by atoms with Crippen LogP contribution < -0.4 is 19.5 Å². The molecule has 158 valence electrons. The Labute approximate surface area is 169 Å². The molecule has 0 radical (unpaired) electrons. The highest BCUT2D eigenvalue weighted by molar-refractivity contribution is 6.36. The Hall–Kier alpha value is -3.69. The summed E-state index contributed by atoms with van der Waals surface area (Å²) in [5.41, 5.74) is 0.794. The molecule has 2 amide bonds. The van der Waals surface area contributed by atoms with Crippen molar-refractivity contribution in [1.82, 2.24) is 4.90 Å². The maximum absolute atomic E-state index is 12.7. The van der Waals surface area contributed by atoms with Gasteiger partial charge in [-0.1, -0.05) is 6.07 Å². The highest BCUT2D eigenvalue weighted by Gasteiger charge is 2.37. The number of carbonyl (C=O) groups is 2. The number of nitrogens with zero attached hydrogens (tertiary/aromatic N) is 1. The van der Waals surface area contributed by atoms with E-state index >= 15 is 0 Å². The van der Waals surface area contributed by atoms with Crippen LogP contribution in [0.15, 0.2) is 48.2 Å². The number of ether oxygens (including phenoxy) is 3. The van der Waals surface area contributed by atoms with Gasteiger partial charge in [-0.2, -0.15) is 0 Å². The molecule has 2 aromatic carbocycles. The number of halogens is 3. The monoisotopic (exact) mass is 422 g/mol. The first-order chi connectivity index (χ1) is 14.1. The lowest BCUT2D eigenvalue weighted by Crippen LogP contribution is -2.27. The zero-order valence-corrected chi connectivity index (χ0v) is 16.2. The molecule has 7 nitrogen and oxygen atoms in total. The SMILES string of the molecule is COc1ccc(C2=C(Nc3ccc(OC(F)(F)F)cc3)C(=O)N(C)C2=O)cc1OC. The van der Waals surface area contributed by atoms with Gasteiger partial charge >= 0.3 is 6.36 Å². The van der Waals surface area contributed by atoms with Crippen molar-refractivity contribution in [3.8, 4) is 17.2 Å². The van der Waals surface area contributed by atoms with Gasteiger partial charge in [0, 0.05) is 12.7 Å². The lowest BCUT2D eigenvalue weighted by molar-refractivity contribution is -0.274. The second-order valence-corrected chi connectivity index (χ2v) is 6.19. The molecule has 0 saturated heterocycles. The van der Waals surface area contributed by atoms with Crippen LogP contribution in [0.3, 0.4) is 0 Å². The Bertz CT molecular complexity index is 1020. The summed E-state index contributed by atoms with van der Waals surface area (Å²) in [4.78, 5) is 26.2. The molecule has 1 heterocycles. The van der Waals surface area contributed by atoms with E-state index < -0.39 is 23.9 Å². The number of likely N-dealkylation sites (N-methyl/N-ethyl adjacent to an activating group) is 1. The first-order valence-corrected chi connectivity index (χ1v) is 8.56. The summed E-state index contributed by atoms with van der Waals surface area (Å²) < 4.78 is 51.2. The van der Waals surface area contributed by atoms with E-state index in [1.54, 1.807) is 18.2 Å². The number of amides is 2. The molecule has 1 aliphatic rings. The lowest BCUT2D eigenvalue weighted by Gasteiger charge is -2.12. The summed E-state index contributed by atoms with van der Waals surface area (Å²) in [5.74, 6) is -0.715. The molecule has 0 atom stereocenters. The van der Waals surface area contributed by atoms with Crippen molar-refractivity contribution in [1.29, 1.82) is 0 Å². The van der Waals surface area contributed by atoms with Gasteiger partial charge in [0.05, 0.1) is 19.8 Å². The van der Waals surface area contributed by atoms with Crippen molar-refractivity contribution in [2.45, 2.75) is 6.36 Å². The van der Waals surface area contributed by atoms with Gasteiger partial charge in [-0.25, -0.2) is 0 Å². The van der Waals surface area contributed by atoms with E-state index in [0.717, 1.165) is 17.0 Å². The highest BCUT2D eigenvalue weighted by atomic mass is 19.4. The quantitative estimate of drug-likeness (QED) is 0.719. The number of nitrogens with one attached hydrogen (secondary N) is 1. The minimum Gasteiger partial charge on any atom is -0.493 e. The van der Waals surface area contributed by atoms with Gasteiger partial charge in [0.1, 0.15) is 11.4 Å². The number of carbonyl (C=O) groups excluding carboxylic acids is 2. The molecular weight excluding hydrogens is 405 g/mol. The van der Waals surface area contributed by atoms with Crippen LogP contribution in [0.25, 0.3) is 5.57 Å². The molecule has 0 unspecified atom stereocenters. The fourth-order valence-corrected chi connectivity index (χ4v) is 2.90. The Kier molecular flexibility index (Phi) is 5.59. The third-order valence-electron chi connectivity index (χ3n) is 4.32. The van der Waals surface area contributed by atoms with Gasteiger partial charge in [0.15, 0.2) is 11.5 Å². The minimum absolute atomic E-state index is 0.0146. The third-order valence-corrected chi connectivity index (χ3v) is 4.32. The first-order valence-electron chi connectivity index (χ1n) is 8.56. The molecule has 3 rings (SSSR count). The van der Waals surface area contributed by atoms with Gasteiger partial charge in [-0.3, -0.25) is 14.5 Å². The van der Waals surface area contributed by atoms with Crippen molar-refractivity contribution in [3.63, 3.8) is 0 Å². The smallest absolute Gasteiger partial charge is 0.493 e. The van der Waals surface area contributed by atoms with Crippen LogP contribution >= 0.6 is 0 Å². The number of hydrogen-bond donors (Lipinski definition) is 1. The average molecular weight is 422 g/mol. The Morgan fingerprint density at radius 1 is 0.900 bits per heavy atom. The van der Waals surface area contributed by atoms with Crippen LogP contribution in [-0.2, 0) is 9.59 Å². The molecular formula is C20H17F3N2O5. The Balaban J connectivity index is 1.98. The molecule has 30 heavy (non-hydrogen) atoms. The predicted octanol–water partition coefficient (Wildman–Crippen LogP) is 3.42. The summed E-state index contributed by atoms with van der Waals surface area (Å²) in [5, 5.41) is 2.81. The highest BCUT2D eigenvalue weighted by Crippen LogP contribution is 2.35. The van der Waals surface area contributed by atoms with Gasteiger partial charge in [0.2, 0.25) is 0 Å². The van der Waals surface area contributed by atoms with Crippen LogP contribution in [0.4, 0.5) is 18.9 Å². The number of imide groups is 1. The van der Waals surface area contributed by atoms with E-state index in [2.05, 4.69) is 10.1 Å². The van der Waals surface area contributed by atoms with Crippen molar-refractivity contribution >= 4 is 23.1 Å². The topological polar surface area (TPSA) is 77.1 Å². The van der Waals surface area contributed by atoms with E-state index in [1.165, 1.54) is 33.4 Å². The molecule has 0 spiro atoms. The molecule has 0 bridgehead atoms. The maximum Gasteiger partial charge on any atom is 0.573 e. The van der Waals surface area contributed by atoms with Crippen molar-refractivity contribution in [2.24, 2.45) is 0 Å².